The summed E-state index contributed by atoms with van der Waals surface area (Å²) in [5.74, 6) is -0.219. The minimum Gasteiger partial charge on any atom is -0.394 e. The van der Waals surface area contributed by atoms with Crippen molar-refractivity contribution in [3.8, 4) is 0 Å². The lowest BCUT2D eigenvalue weighted by Crippen LogP contribution is -2.55. The number of hydrogen-bond donors (Lipinski definition) is 4. The molecule has 2 aromatic carbocycles. The number of thioether (sulfide) groups is 1. The Labute approximate surface area is 185 Å². The van der Waals surface area contributed by atoms with E-state index in [1.165, 1.54) is 12.1 Å². The second-order valence-electron chi connectivity index (χ2n) is 8.52. The van der Waals surface area contributed by atoms with Gasteiger partial charge in [0.2, 0.25) is 0 Å². The molecule has 0 bridgehead atoms. The van der Waals surface area contributed by atoms with Crippen molar-refractivity contribution in [2.45, 2.75) is 67.2 Å². The van der Waals surface area contributed by atoms with Crippen LogP contribution in [0.15, 0.2) is 42.5 Å². The molecule has 2 saturated heterocycles. The maximum Gasteiger partial charge on any atom is 0.123 e. The van der Waals surface area contributed by atoms with Gasteiger partial charge in [0.1, 0.15) is 36.3 Å². The predicted octanol–water partition coefficient (Wildman–Crippen LogP) is 2.83. The zero-order valence-electron chi connectivity index (χ0n) is 17.4. The molecule has 0 radical (unpaired) electrons. The molecule has 0 aliphatic carbocycles. The molecule has 4 rings (SSSR count). The van der Waals surface area contributed by atoms with E-state index in [1.54, 1.807) is 0 Å². The molecule has 2 aliphatic rings. The molecule has 0 spiro atoms. The Morgan fingerprint density at radius 3 is 2.39 bits per heavy atom. The first-order chi connectivity index (χ1) is 14.9. The number of rotatable bonds is 5. The fraction of sp³-hybridized carbons (Fsp3) is 0.500. The Bertz CT molecular complexity index is 890. The van der Waals surface area contributed by atoms with E-state index >= 15 is 0 Å². The summed E-state index contributed by atoms with van der Waals surface area (Å²) in [5.41, 5.74) is 4.15. The molecule has 0 amide bonds. The standard InChI is InChI=1S/C24H29FO5S/c1-13-2-3-15(24-23(29)22(28)21(27)19(12-26)30-24)10-16(13)11-18-8-9-20(31-18)14-4-6-17(25)7-5-14/h2-7,10,18-24,26-29H,8-9,11-12H2,1H3/t18?,19-,20?,21-,22+,23-,24+/m1/s1. The van der Waals surface area contributed by atoms with Gasteiger partial charge in [-0.05, 0) is 60.6 Å². The number of halogens is 1. The molecule has 2 fully saturated rings. The molecule has 2 heterocycles. The Hall–Kier alpha value is -1.48. The summed E-state index contributed by atoms with van der Waals surface area (Å²) < 4.78 is 18.9. The van der Waals surface area contributed by atoms with Crippen LogP contribution >= 0.6 is 11.8 Å². The zero-order chi connectivity index (χ0) is 22.1. The Morgan fingerprint density at radius 2 is 1.68 bits per heavy atom. The number of ether oxygens (including phenoxy) is 1. The Kier molecular flexibility index (Phi) is 7.01. The Balaban J connectivity index is 1.48. The van der Waals surface area contributed by atoms with E-state index < -0.39 is 37.1 Å². The minimum atomic E-state index is -1.39. The number of hydrogen-bond acceptors (Lipinski definition) is 6. The quantitative estimate of drug-likeness (QED) is 0.563. The van der Waals surface area contributed by atoms with E-state index in [2.05, 4.69) is 0 Å². The van der Waals surface area contributed by atoms with Crippen molar-refractivity contribution in [1.82, 2.24) is 0 Å². The third-order valence-corrected chi connectivity index (χ3v) is 8.01. The van der Waals surface area contributed by atoms with Gasteiger partial charge in [-0.1, -0.05) is 30.3 Å². The molecule has 168 valence electrons. The average molecular weight is 449 g/mol. The van der Waals surface area contributed by atoms with Gasteiger partial charge in [-0.25, -0.2) is 4.39 Å². The van der Waals surface area contributed by atoms with Crippen molar-refractivity contribution in [1.29, 1.82) is 0 Å². The van der Waals surface area contributed by atoms with Gasteiger partial charge in [0.25, 0.3) is 0 Å². The van der Waals surface area contributed by atoms with Crippen molar-refractivity contribution < 1.29 is 29.6 Å². The summed E-state index contributed by atoms with van der Waals surface area (Å²) in [6, 6.07) is 12.6. The van der Waals surface area contributed by atoms with Crippen LogP contribution in [0.4, 0.5) is 4.39 Å². The van der Waals surface area contributed by atoms with Gasteiger partial charge in [-0.2, -0.15) is 11.8 Å². The maximum atomic E-state index is 13.2. The van der Waals surface area contributed by atoms with Crippen LogP contribution in [0.5, 0.6) is 0 Å². The summed E-state index contributed by atoms with van der Waals surface area (Å²) in [4.78, 5) is 0. The first-order valence-corrected chi connectivity index (χ1v) is 11.6. The second kappa shape index (κ2) is 9.57. The highest BCUT2D eigenvalue weighted by atomic mass is 32.2. The Morgan fingerprint density at radius 1 is 0.968 bits per heavy atom. The highest BCUT2D eigenvalue weighted by Crippen LogP contribution is 2.46. The van der Waals surface area contributed by atoms with Crippen molar-refractivity contribution in [3.63, 3.8) is 0 Å². The molecule has 7 atom stereocenters. The number of aliphatic hydroxyl groups is 4. The zero-order valence-corrected chi connectivity index (χ0v) is 18.2. The number of aliphatic hydroxyl groups excluding tert-OH is 4. The van der Waals surface area contributed by atoms with E-state index in [0.29, 0.717) is 10.5 Å². The third kappa shape index (κ3) is 4.82. The van der Waals surface area contributed by atoms with Crippen LogP contribution in [0.2, 0.25) is 0 Å². The van der Waals surface area contributed by atoms with Crippen LogP contribution < -0.4 is 0 Å². The molecular formula is C24H29FO5S. The highest BCUT2D eigenvalue weighted by Gasteiger charge is 2.44. The van der Waals surface area contributed by atoms with Crippen LogP contribution in [0.3, 0.4) is 0 Å². The molecule has 4 N–H and O–H groups in total. The van der Waals surface area contributed by atoms with Gasteiger partial charge >= 0.3 is 0 Å². The lowest BCUT2D eigenvalue weighted by Gasteiger charge is -2.40. The van der Waals surface area contributed by atoms with Crippen LogP contribution in [0, 0.1) is 12.7 Å². The second-order valence-corrected chi connectivity index (χ2v) is 10.0. The van der Waals surface area contributed by atoms with Gasteiger partial charge in [-0.3, -0.25) is 0 Å². The third-order valence-electron chi connectivity index (χ3n) is 6.39. The molecule has 2 aliphatic heterocycles. The summed E-state index contributed by atoms with van der Waals surface area (Å²) in [7, 11) is 0. The smallest absolute Gasteiger partial charge is 0.123 e. The maximum absolute atomic E-state index is 13.2. The van der Waals surface area contributed by atoms with Crippen LogP contribution in [0.1, 0.15) is 46.4 Å². The van der Waals surface area contributed by atoms with Crippen molar-refractivity contribution >= 4 is 11.8 Å². The molecule has 2 aromatic rings. The lowest BCUT2D eigenvalue weighted by molar-refractivity contribution is -0.231. The summed E-state index contributed by atoms with van der Waals surface area (Å²) in [6.45, 7) is 1.60. The van der Waals surface area contributed by atoms with Crippen LogP contribution in [-0.4, -0.2) is 56.7 Å². The van der Waals surface area contributed by atoms with Crippen molar-refractivity contribution in [3.05, 3.63) is 70.5 Å². The predicted molar refractivity (Wildman–Crippen MR) is 117 cm³/mol. The molecule has 0 saturated carbocycles. The lowest BCUT2D eigenvalue weighted by atomic mass is 9.89. The summed E-state index contributed by atoms with van der Waals surface area (Å²) in [6.07, 6.45) is -2.80. The van der Waals surface area contributed by atoms with Crippen molar-refractivity contribution in [2.75, 3.05) is 6.61 Å². The summed E-state index contributed by atoms with van der Waals surface area (Å²) in [5, 5.41) is 40.8. The highest BCUT2D eigenvalue weighted by molar-refractivity contribution is 8.00. The molecular weight excluding hydrogens is 419 g/mol. The van der Waals surface area contributed by atoms with E-state index in [0.717, 1.165) is 41.5 Å². The largest absolute Gasteiger partial charge is 0.394 e. The first-order valence-electron chi connectivity index (χ1n) is 10.7. The minimum absolute atomic E-state index is 0.219. The monoisotopic (exact) mass is 448 g/mol. The van der Waals surface area contributed by atoms with E-state index in [9.17, 15) is 24.8 Å². The molecule has 2 unspecified atom stereocenters. The van der Waals surface area contributed by atoms with E-state index in [4.69, 9.17) is 4.74 Å². The van der Waals surface area contributed by atoms with Gasteiger partial charge in [0.05, 0.1) is 6.61 Å². The van der Waals surface area contributed by atoms with Gasteiger partial charge in [-0.15, -0.1) is 0 Å². The number of aryl methyl sites for hydroxylation is 1. The molecule has 7 heteroatoms. The SMILES string of the molecule is Cc1ccc([C@@H]2O[C@H](CO)[C@@H](O)[C@H](O)[C@H]2O)cc1CC1CCC(c2ccc(F)cc2)S1. The molecule has 5 nitrogen and oxygen atoms in total. The first kappa shape index (κ1) is 22.7. The fourth-order valence-corrected chi connectivity index (χ4v) is 6.09. The average Bonchev–Trinajstić information content (AvgIpc) is 3.23. The molecule has 31 heavy (non-hydrogen) atoms. The number of benzene rings is 2. The van der Waals surface area contributed by atoms with Gasteiger partial charge in [0.15, 0.2) is 0 Å². The van der Waals surface area contributed by atoms with E-state index in [1.807, 2.05) is 49.0 Å². The normalized spacial score (nSPS) is 33.5. The van der Waals surface area contributed by atoms with Crippen LogP contribution in [0.25, 0.3) is 0 Å². The fourth-order valence-electron chi connectivity index (χ4n) is 4.49. The van der Waals surface area contributed by atoms with Crippen molar-refractivity contribution in [2.24, 2.45) is 0 Å². The van der Waals surface area contributed by atoms with E-state index in [-0.39, 0.29) is 5.82 Å². The van der Waals surface area contributed by atoms with Crippen LogP contribution in [-0.2, 0) is 11.2 Å². The topological polar surface area (TPSA) is 90.2 Å². The van der Waals surface area contributed by atoms with Gasteiger partial charge < -0.3 is 25.2 Å². The summed E-state index contributed by atoms with van der Waals surface area (Å²) >= 11 is 1.91. The molecule has 0 aromatic heterocycles. The van der Waals surface area contributed by atoms with Gasteiger partial charge in [0, 0.05) is 10.5 Å².